The molecule has 64 valence electrons. The molecular formula is C8H15NO2. The van der Waals surface area contributed by atoms with Crippen LogP contribution in [0.15, 0.2) is 4.99 Å². The summed E-state index contributed by atoms with van der Waals surface area (Å²) < 4.78 is 0. The lowest BCUT2D eigenvalue weighted by Gasteiger charge is -2.34. The van der Waals surface area contributed by atoms with Crippen molar-refractivity contribution in [3.05, 3.63) is 0 Å². The fourth-order valence-corrected chi connectivity index (χ4v) is 1.31. The van der Waals surface area contributed by atoms with Gasteiger partial charge in [0.1, 0.15) is 11.2 Å². The molecule has 1 aliphatic rings. The Morgan fingerprint density at radius 2 is 1.82 bits per heavy atom. The van der Waals surface area contributed by atoms with Gasteiger partial charge in [-0.3, -0.25) is 4.99 Å². The molecule has 0 spiro atoms. The Balaban J connectivity index is 3.07. The van der Waals surface area contributed by atoms with Gasteiger partial charge in [-0.2, -0.15) is 0 Å². The van der Waals surface area contributed by atoms with Gasteiger partial charge in [0.05, 0.1) is 6.04 Å². The lowest BCUT2D eigenvalue weighted by Crippen LogP contribution is -2.54. The topological polar surface area (TPSA) is 52.8 Å². The van der Waals surface area contributed by atoms with E-state index in [0.717, 1.165) is 0 Å². The highest BCUT2D eigenvalue weighted by atomic mass is 16.4. The molecule has 3 nitrogen and oxygen atoms in total. The molecule has 1 rings (SSSR count). The number of rotatable bonds is 0. The third-order valence-corrected chi connectivity index (χ3v) is 2.89. The first-order valence-corrected chi connectivity index (χ1v) is 3.80. The van der Waals surface area contributed by atoms with Gasteiger partial charge in [-0.15, -0.1) is 0 Å². The number of aliphatic hydroxyl groups is 2. The predicted molar refractivity (Wildman–Crippen MR) is 43.8 cm³/mol. The zero-order valence-corrected chi connectivity index (χ0v) is 7.42. The van der Waals surface area contributed by atoms with Gasteiger partial charge in [0.2, 0.25) is 0 Å². The summed E-state index contributed by atoms with van der Waals surface area (Å²) in [6, 6.07) is -0.225. The molecule has 11 heavy (non-hydrogen) atoms. The van der Waals surface area contributed by atoms with Crippen LogP contribution in [0.25, 0.3) is 0 Å². The largest absolute Gasteiger partial charge is 0.385 e. The zero-order chi connectivity index (χ0) is 8.86. The summed E-state index contributed by atoms with van der Waals surface area (Å²) in [5.41, 5.74) is -1.70. The molecule has 0 bridgehead atoms. The summed E-state index contributed by atoms with van der Waals surface area (Å²) in [6.07, 6.45) is 0. The normalized spacial score (nSPS) is 51.1. The van der Waals surface area contributed by atoms with E-state index in [0.29, 0.717) is 5.71 Å². The molecule has 0 fully saturated rings. The smallest absolute Gasteiger partial charge is 0.129 e. The van der Waals surface area contributed by atoms with Gasteiger partial charge >= 0.3 is 0 Å². The Bertz CT molecular complexity index is 206. The fourth-order valence-electron chi connectivity index (χ4n) is 1.31. The van der Waals surface area contributed by atoms with E-state index < -0.39 is 11.2 Å². The van der Waals surface area contributed by atoms with Gasteiger partial charge in [0, 0.05) is 5.71 Å². The van der Waals surface area contributed by atoms with Crippen molar-refractivity contribution in [2.24, 2.45) is 4.99 Å². The van der Waals surface area contributed by atoms with E-state index >= 15 is 0 Å². The van der Waals surface area contributed by atoms with Gasteiger partial charge in [-0.05, 0) is 27.7 Å². The second-order valence-corrected chi connectivity index (χ2v) is 3.61. The third-order valence-electron chi connectivity index (χ3n) is 2.89. The van der Waals surface area contributed by atoms with Crippen LogP contribution in [-0.2, 0) is 0 Å². The average molecular weight is 157 g/mol. The number of nitrogens with zero attached hydrogens (tertiary/aromatic N) is 1. The Morgan fingerprint density at radius 3 is 1.91 bits per heavy atom. The molecule has 0 saturated carbocycles. The van der Waals surface area contributed by atoms with Crippen molar-refractivity contribution in [2.75, 3.05) is 0 Å². The molecule has 0 amide bonds. The number of aliphatic imine (C=N–C) groups is 1. The molecule has 1 heterocycles. The van der Waals surface area contributed by atoms with E-state index in [4.69, 9.17) is 0 Å². The van der Waals surface area contributed by atoms with Gasteiger partial charge < -0.3 is 10.2 Å². The van der Waals surface area contributed by atoms with Gasteiger partial charge in [0.15, 0.2) is 0 Å². The summed E-state index contributed by atoms with van der Waals surface area (Å²) >= 11 is 0. The lowest BCUT2D eigenvalue weighted by molar-refractivity contribution is -0.0878. The second kappa shape index (κ2) is 2.05. The number of hydrogen-bond donors (Lipinski definition) is 2. The lowest BCUT2D eigenvalue weighted by atomic mass is 9.82. The molecule has 0 aromatic rings. The monoisotopic (exact) mass is 157 g/mol. The molecule has 0 radical (unpaired) electrons. The SMILES string of the molecule is CC1=NC(C)C(C)(O)C1(C)O. The summed E-state index contributed by atoms with van der Waals surface area (Å²) in [5, 5.41) is 19.6. The molecule has 1 aliphatic heterocycles. The molecule has 2 N–H and O–H groups in total. The third kappa shape index (κ3) is 0.914. The highest BCUT2D eigenvalue weighted by Crippen LogP contribution is 2.34. The minimum absolute atomic E-state index is 0.225. The number of hydrogen-bond acceptors (Lipinski definition) is 3. The van der Waals surface area contributed by atoms with E-state index in [9.17, 15) is 10.2 Å². The average Bonchev–Trinajstić information content (AvgIpc) is 1.95. The summed E-state index contributed by atoms with van der Waals surface area (Å²) in [7, 11) is 0. The van der Waals surface area contributed by atoms with Crippen LogP contribution < -0.4 is 0 Å². The van der Waals surface area contributed by atoms with Crippen LogP contribution in [0.3, 0.4) is 0 Å². The molecule has 3 atom stereocenters. The van der Waals surface area contributed by atoms with Crippen molar-refractivity contribution in [3.63, 3.8) is 0 Å². The summed E-state index contributed by atoms with van der Waals surface area (Å²) in [4.78, 5) is 4.11. The molecule has 0 aromatic carbocycles. The Labute approximate surface area is 66.8 Å². The quantitative estimate of drug-likeness (QED) is 0.533. The highest BCUT2D eigenvalue weighted by molar-refractivity contribution is 5.93. The van der Waals surface area contributed by atoms with Crippen molar-refractivity contribution in [1.82, 2.24) is 0 Å². The highest BCUT2D eigenvalue weighted by Gasteiger charge is 2.52. The summed E-state index contributed by atoms with van der Waals surface area (Å²) in [6.45, 7) is 6.73. The summed E-state index contributed by atoms with van der Waals surface area (Å²) in [5.74, 6) is 0. The standard InChI is InChI=1S/C8H15NO2/c1-5-7(3,10)8(4,11)6(2)9-5/h5,10-11H,1-4H3. The van der Waals surface area contributed by atoms with Crippen LogP contribution >= 0.6 is 0 Å². The first-order chi connectivity index (χ1) is 4.80. The molecule has 3 heteroatoms. The van der Waals surface area contributed by atoms with Gasteiger partial charge in [-0.1, -0.05) is 0 Å². The Kier molecular flexibility index (Phi) is 1.62. The van der Waals surface area contributed by atoms with Crippen molar-refractivity contribution in [1.29, 1.82) is 0 Å². The van der Waals surface area contributed by atoms with Crippen molar-refractivity contribution in [2.45, 2.75) is 44.9 Å². The zero-order valence-electron chi connectivity index (χ0n) is 7.42. The molecule has 0 aliphatic carbocycles. The molecule has 0 saturated heterocycles. The maximum atomic E-state index is 9.80. The van der Waals surface area contributed by atoms with E-state index in [1.807, 2.05) is 0 Å². The van der Waals surface area contributed by atoms with E-state index in [1.54, 1.807) is 27.7 Å². The van der Waals surface area contributed by atoms with Crippen molar-refractivity contribution >= 4 is 5.71 Å². The van der Waals surface area contributed by atoms with Crippen LogP contribution in [0.5, 0.6) is 0 Å². The Hall–Kier alpha value is -0.410. The van der Waals surface area contributed by atoms with E-state index in [2.05, 4.69) is 4.99 Å². The van der Waals surface area contributed by atoms with Crippen molar-refractivity contribution in [3.8, 4) is 0 Å². The van der Waals surface area contributed by atoms with Crippen LogP contribution in [0.1, 0.15) is 27.7 Å². The first kappa shape index (κ1) is 8.68. The van der Waals surface area contributed by atoms with Gasteiger partial charge in [0.25, 0.3) is 0 Å². The van der Waals surface area contributed by atoms with Crippen molar-refractivity contribution < 1.29 is 10.2 Å². The molecule has 0 aromatic heterocycles. The van der Waals surface area contributed by atoms with Crippen LogP contribution in [0, 0.1) is 0 Å². The van der Waals surface area contributed by atoms with Gasteiger partial charge in [-0.25, -0.2) is 0 Å². The molecular weight excluding hydrogens is 142 g/mol. The molecule has 3 unspecified atom stereocenters. The maximum absolute atomic E-state index is 9.80. The van der Waals surface area contributed by atoms with Crippen LogP contribution in [-0.4, -0.2) is 33.2 Å². The predicted octanol–water partition coefficient (Wildman–Crippen LogP) is 0.351. The minimum atomic E-state index is -1.17. The fraction of sp³-hybridized carbons (Fsp3) is 0.875. The van der Waals surface area contributed by atoms with Crippen LogP contribution in [0.4, 0.5) is 0 Å². The minimum Gasteiger partial charge on any atom is -0.385 e. The van der Waals surface area contributed by atoms with E-state index in [-0.39, 0.29) is 6.04 Å². The van der Waals surface area contributed by atoms with Crippen LogP contribution in [0.2, 0.25) is 0 Å². The van der Waals surface area contributed by atoms with E-state index in [1.165, 1.54) is 0 Å². The Morgan fingerprint density at radius 1 is 1.36 bits per heavy atom. The second-order valence-electron chi connectivity index (χ2n) is 3.61. The maximum Gasteiger partial charge on any atom is 0.129 e. The first-order valence-electron chi connectivity index (χ1n) is 3.80.